The van der Waals surface area contributed by atoms with Crippen LogP contribution in [0.3, 0.4) is 0 Å². The van der Waals surface area contributed by atoms with Crippen LogP contribution in [0, 0.1) is 6.92 Å². The third kappa shape index (κ3) is 4.22. The van der Waals surface area contributed by atoms with Gasteiger partial charge in [-0.3, -0.25) is 4.99 Å². The number of fused-ring (bicyclic) bond motifs is 1. The van der Waals surface area contributed by atoms with Crippen molar-refractivity contribution >= 4 is 16.9 Å². The van der Waals surface area contributed by atoms with Crippen molar-refractivity contribution in [3.8, 4) is 17.2 Å². The number of phenols is 1. The number of nitrogens with two attached hydrogens (primary N) is 1. The molecule has 0 amide bonds. The Hall–Kier alpha value is -2.34. The average molecular weight is 399 g/mol. The molecule has 0 spiro atoms. The molecule has 0 saturated carbocycles. The second-order valence-corrected chi connectivity index (χ2v) is 9.17. The van der Waals surface area contributed by atoms with E-state index < -0.39 is 0 Å². The van der Waals surface area contributed by atoms with Gasteiger partial charge in [0.2, 0.25) is 0 Å². The molecule has 2 unspecified atom stereocenters. The standard InChI is InChI=1S/C22H26N2O3S/c1-14-9-20-16(11-19(14)25)7-8-22(2,27-20)13-26-17-5-3-15(4-6-17)10-18-12-24-21(23)28-18/h3-6,9,11,18,25H,7-8,10,12-13H2,1-2H3,(H2,23,24). The molecule has 2 aromatic rings. The van der Waals surface area contributed by atoms with Crippen LogP contribution in [0.5, 0.6) is 17.2 Å². The lowest BCUT2D eigenvalue weighted by molar-refractivity contribution is 0.0174. The van der Waals surface area contributed by atoms with Crippen LogP contribution in [0.2, 0.25) is 0 Å². The lowest BCUT2D eigenvalue weighted by atomic mass is 9.92. The van der Waals surface area contributed by atoms with Gasteiger partial charge in [-0.15, -0.1) is 0 Å². The number of benzene rings is 2. The molecule has 0 saturated heterocycles. The second-order valence-electron chi connectivity index (χ2n) is 7.85. The van der Waals surface area contributed by atoms with Gasteiger partial charge in [0.1, 0.15) is 29.5 Å². The number of phenolic OH excluding ortho intramolecular Hbond substituents is 1. The van der Waals surface area contributed by atoms with Crippen LogP contribution in [0.1, 0.15) is 30.0 Å². The SMILES string of the molecule is Cc1cc2c(cc1O)CCC(C)(COc1ccc(CC3CN=C(N)S3)cc1)O2. The van der Waals surface area contributed by atoms with Crippen molar-refractivity contribution in [2.24, 2.45) is 10.7 Å². The van der Waals surface area contributed by atoms with Crippen molar-refractivity contribution in [2.75, 3.05) is 13.2 Å². The molecule has 2 aliphatic rings. The number of hydrogen-bond acceptors (Lipinski definition) is 6. The summed E-state index contributed by atoms with van der Waals surface area (Å²) in [6.45, 7) is 5.24. The minimum Gasteiger partial charge on any atom is -0.508 e. The fourth-order valence-electron chi connectivity index (χ4n) is 3.58. The van der Waals surface area contributed by atoms with Crippen molar-refractivity contribution in [1.82, 2.24) is 0 Å². The van der Waals surface area contributed by atoms with Crippen LogP contribution in [0.15, 0.2) is 41.4 Å². The first-order chi connectivity index (χ1) is 13.4. The third-order valence-corrected chi connectivity index (χ3v) is 6.35. The Kier molecular flexibility index (Phi) is 5.15. The number of amidine groups is 1. The zero-order chi connectivity index (χ0) is 19.7. The molecule has 2 heterocycles. The number of rotatable bonds is 5. The molecule has 0 bridgehead atoms. The largest absolute Gasteiger partial charge is 0.508 e. The number of hydrogen-bond donors (Lipinski definition) is 2. The number of aliphatic imine (C=N–C) groups is 1. The summed E-state index contributed by atoms with van der Waals surface area (Å²) in [6, 6.07) is 12.0. The molecule has 0 aliphatic carbocycles. The molecular formula is C22H26N2O3S. The number of thioether (sulfide) groups is 1. The lowest BCUT2D eigenvalue weighted by Crippen LogP contribution is -2.42. The molecule has 5 nitrogen and oxygen atoms in total. The summed E-state index contributed by atoms with van der Waals surface area (Å²) in [5, 5.41) is 11.0. The molecule has 2 atom stereocenters. The maximum Gasteiger partial charge on any atom is 0.154 e. The van der Waals surface area contributed by atoms with Gasteiger partial charge in [0, 0.05) is 5.25 Å². The summed E-state index contributed by atoms with van der Waals surface area (Å²) in [7, 11) is 0. The van der Waals surface area contributed by atoms with Gasteiger partial charge in [-0.2, -0.15) is 0 Å². The van der Waals surface area contributed by atoms with E-state index in [0.717, 1.165) is 48.4 Å². The molecular weight excluding hydrogens is 372 g/mol. The highest BCUT2D eigenvalue weighted by molar-refractivity contribution is 8.14. The van der Waals surface area contributed by atoms with Crippen molar-refractivity contribution in [1.29, 1.82) is 0 Å². The molecule has 28 heavy (non-hydrogen) atoms. The van der Waals surface area contributed by atoms with Crippen LogP contribution in [-0.4, -0.2) is 34.3 Å². The van der Waals surface area contributed by atoms with E-state index in [0.29, 0.717) is 22.8 Å². The van der Waals surface area contributed by atoms with Gasteiger partial charge < -0.3 is 20.3 Å². The highest BCUT2D eigenvalue weighted by Gasteiger charge is 2.33. The molecule has 2 aromatic carbocycles. The predicted octanol–water partition coefficient (Wildman–Crippen LogP) is 3.84. The summed E-state index contributed by atoms with van der Waals surface area (Å²) < 4.78 is 12.3. The van der Waals surface area contributed by atoms with Gasteiger partial charge in [0.05, 0.1) is 6.54 Å². The van der Waals surface area contributed by atoms with E-state index >= 15 is 0 Å². The van der Waals surface area contributed by atoms with E-state index in [-0.39, 0.29) is 5.60 Å². The maximum absolute atomic E-state index is 9.89. The summed E-state index contributed by atoms with van der Waals surface area (Å²) in [5.74, 6) is 2.02. The highest BCUT2D eigenvalue weighted by atomic mass is 32.2. The van der Waals surface area contributed by atoms with Crippen LogP contribution in [0.4, 0.5) is 0 Å². The molecule has 148 valence electrons. The quantitative estimate of drug-likeness (QED) is 0.800. The zero-order valence-electron chi connectivity index (χ0n) is 16.3. The molecule has 0 fully saturated rings. The van der Waals surface area contributed by atoms with E-state index in [4.69, 9.17) is 15.2 Å². The van der Waals surface area contributed by atoms with Crippen molar-refractivity contribution in [2.45, 2.75) is 44.0 Å². The van der Waals surface area contributed by atoms with E-state index in [1.807, 2.05) is 31.2 Å². The number of aryl methyl sites for hydroxylation is 2. The van der Waals surface area contributed by atoms with Gasteiger partial charge in [0.15, 0.2) is 5.17 Å². The van der Waals surface area contributed by atoms with Gasteiger partial charge in [0.25, 0.3) is 0 Å². The van der Waals surface area contributed by atoms with Gasteiger partial charge in [-0.05, 0) is 74.1 Å². The molecule has 4 rings (SSSR count). The molecule has 0 radical (unpaired) electrons. The number of ether oxygens (including phenoxy) is 2. The molecule has 2 aliphatic heterocycles. The average Bonchev–Trinajstić information content (AvgIpc) is 3.07. The van der Waals surface area contributed by atoms with Gasteiger partial charge in [-0.25, -0.2) is 0 Å². The van der Waals surface area contributed by atoms with Crippen molar-refractivity contribution in [3.05, 3.63) is 53.1 Å². The summed E-state index contributed by atoms with van der Waals surface area (Å²) in [4.78, 5) is 4.25. The monoisotopic (exact) mass is 398 g/mol. The first-order valence-corrected chi connectivity index (χ1v) is 10.5. The minimum atomic E-state index is -0.384. The van der Waals surface area contributed by atoms with Crippen LogP contribution < -0.4 is 15.2 Å². The highest BCUT2D eigenvalue weighted by Crippen LogP contribution is 2.37. The number of nitrogens with zero attached hydrogens (tertiary/aromatic N) is 1. The zero-order valence-corrected chi connectivity index (χ0v) is 17.1. The fraction of sp³-hybridized carbons (Fsp3) is 0.409. The Morgan fingerprint density at radius 2 is 2.11 bits per heavy atom. The molecule has 0 aromatic heterocycles. The van der Waals surface area contributed by atoms with Crippen LogP contribution in [-0.2, 0) is 12.8 Å². The predicted molar refractivity (Wildman–Crippen MR) is 114 cm³/mol. The molecule has 3 N–H and O–H groups in total. The Morgan fingerprint density at radius 1 is 1.32 bits per heavy atom. The third-order valence-electron chi connectivity index (χ3n) is 5.33. The smallest absolute Gasteiger partial charge is 0.154 e. The van der Waals surface area contributed by atoms with Crippen molar-refractivity contribution in [3.63, 3.8) is 0 Å². The first kappa shape index (κ1) is 19.0. The van der Waals surface area contributed by atoms with E-state index in [1.54, 1.807) is 11.8 Å². The Balaban J connectivity index is 1.34. The normalized spacial score (nSPS) is 23.6. The van der Waals surface area contributed by atoms with Crippen LogP contribution >= 0.6 is 11.8 Å². The van der Waals surface area contributed by atoms with Crippen LogP contribution in [0.25, 0.3) is 0 Å². The minimum absolute atomic E-state index is 0.326. The summed E-state index contributed by atoms with van der Waals surface area (Å²) >= 11 is 1.65. The van der Waals surface area contributed by atoms with E-state index in [9.17, 15) is 5.11 Å². The van der Waals surface area contributed by atoms with Gasteiger partial charge in [-0.1, -0.05) is 23.9 Å². The Labute approximate surface area is 170 Å². The van der Waals surface area contributed by atoms with E-state index in [2.05, 4.69) is 24.0 Å². The van der Waals surface area contributed by atoms with Crippen molar-refractivity contribution < 1.29 is 14.6 Å². The fourth-order valence-corrected chi connectivity index (χ4v) is 4.50. The summed E-state index contributed by atoms with van der Waals surface area (Å²) in [5.41, 5.74) is 8.50. The Bertz CT molecular complexity index is 897. The molecule has 6 heteroatoms. The second kappa shape index (κ2) is 7.59. The topological polar surface area (TPSA) is 77.1 Å². The lowest BCUT2D eigenvalue weighted by Gasteiger charge is -2.35. The van der Waals surface area contributed by atoms with Gasteiger partial charge >= 0.3 is 0 Å². The number of aromatic hydroxyl groups is 1. The maximum atomic E-state index is 9.89. The summed E-state index contributed by atoms with van der Waals surface area (Å²) in [6.07, 6.45) is 2.67. The Morgan fingerprint density at radius 3 is 2.82 bits per heavy atom. The van der Waals surface area contributed by atoms with E-state index in [1.165, 1.54) is 5.56 Å². The first-order valence-electron chi connectivity index (χ1n) is 9.60.